The summed E-state index contributed by atoms with van der Waals surface area (Å²) in [5.41, 5.74) is 2.86. The molecule has 1 aliphatic rings. The van der Waals surface area contributed by atoms with Crippen molar-refractivity contribution in [2.45, 2.75) is 76.4 Å². The van der Waals surface area contributed by atoms with E-state index in [1.807, 2.05) is 38.1 Å². The molecule has 0 bridgehead atoms. The Morgan fingerprint density at radius 2 is 1.68 bits per heavy atom. The van der Waals surface area contributed by atoms with Gasteiger partial charge in [-0.05, 0) is 68.5 Å². The fraction of sp³-hybridized carbons (Fsp3) is 0.375. The molecule has 41 heavy (non-hydrogen) atoms. The van der Waals surface area contributed by atoms with Crippen molar-refractivity contribution in [3.63, 3.8) is 0 Å². The Morgan fingerprint density at radius 1 is 0.976 bits per heavy atom. The summed E-state index contributed by atoms with van der Waals surface area (Å²) >= 11 is 6.30. The van der Waals surface area contributed by atoms with Gasteiger partial charge in [0.15, 0.2) is 0 Å². The monoisotopic (exact) mass is 595 g/mol. The van der Waals surface area contributed by atoms with Gasteiger partial charge in [0.25, 0.3) is 10.0 Å². The smallest absolute Gasteiger partial charge is 0.264 e. The van der Waals surface area contributed by atoms with E-state index in [2.05, 4.69) is 5.32 Å². The molecule has 3 aromatic rings. The highest BCUT2D eigenvalue weighted by Gasteiger charge is 2.35. The van der Waals surface area contributed by atoms with Crippen LogP contribution in [0.5, 0.6) is 0 Å². The molecule has 0 spiro atoms. The van der Waals surface area contributed by atoms with Crippen LogP contribution in [0.4, 0.5) is 5.69 Å². The molecule has 0 aromatic heterocycles. The van der Waals surface area contributed by atoms with E-state index in [1.54, 1.807) is 43.3 Å². The van der Waals surface area contributed by atoms with Gasteiger partial charge in [0.2, 0.25) is 11.8 Å². The Hall–Kier alpha value is -3.36. The number of benzene rings is 3. The minimum Gasteiger partial charge on any atom is -0.352 e. The van der Waals surface area contributed by atoms with Crippen molar-refractivity contribution in [1.82, 2.24) is 10.2 Å². The fourth-order valence-corrected chi connectivity index (χ4v) is 7.04. The summed E-state index contributed by atoms with van der Waals surface area (Å²) in [6.07, 6.45) is 4.37. The second-order valence-electron chi connectivity index (χ2n) is 10.7. The summed E-state index contributed by atoms with van der Waals surface area (Å²) in [6, 6.07) is 20.1. The van der Waals surface area contributed by atoms with Crippen LogP contribution in [0.2, 0.25) is 5.02 Å². The zero-order valence-corrected chi connectivity index (χ0v) is 25.4. The van der Waals surface area contributed by atoms with Crippen LogP contribution in [0.1, 0.15) is 55.7 Å². The van der Waals surface area contributed by atoms with Crippen LogP contribution in [0, 0.1) is 13.8 Å². The standard InChI is InChI=1S/C32H38ClN3O4S/c1-4-29(32(38)34-27-13-8-9-14-27)35(21-25-12-10-11-23(2)19-25)31(37)22-36(30-20-26(33)18-17-24(30)3)41(39,40)28-15-6-5-7-16-28/h5-7,10-12,15-20,27,29H,4,8-9,13-14,21-22H2,1-3H3,(H,34,38)/t29-/m0/s1. The summed E-state index contributed by atoms with van der Waals surface area (Å²) in [5, 5.41) is 3.49. The van der Waals surface area contributed by atoms with E-state index in [9.17, 15) is 18.0 Å². The molecule has 0 saturated heterocycles. The summed E-state index contributed by atoms with van der Waals surface area (Å²) in [6.45, 7) is 5.30. The lowest BCUT2D eigenvalue weighted by molar-refractivity contribution is -0.140. The second kappa shape index (κ2) is 13.5. The van der Waals surface area contributed by atoms with Crippen molar-refractivity contribution in [3.05, 3.63) is 94.5 Å². The second-order valence-corrected chi connectivity index (χ2v) is 13.0. The fourth-order valence-electron chi connectivity index (χ4n) is 5.38. The molecule has 2 amide bonds. The van der Waals surface area contributed by atoms with Crippen molar-refractivity contribution in [2.75, 3.05) is 10.8 Å². The first-order valence-corrected chi connectivity index (χ1v) is 15.9. The summed E-state index contributed by atoms with van der Waals surface area (Å²) in [4.78, 5) is 29.4. The molecule has 4 rings (SSSR count). The highest BCUT2D eigenvalue weighted by Crippen LogP contribution is 2.30. The lowest BCUT2D eigenvalue weighted by atomic mass is 10.1. The van der Waals surface area contributed by atoms with Gasteiger partial charge in [-0.1, -0.05) is 85.5 Å². The van der Waals surface area contributed by atoms with Crippen LogP contribution in [0.3, 0.4) is 0 Å². The third kappa shape index (κ3) is 7.49. The van der Waals surface area contributed by atoms with E-state index in [-0.39, 0.29) is 23.4 Å². The number of rotatable bonds is 11. The molecule has 0 aliphatic heterocycles. The van der Waals surface area contributed by atoms with Gasteiger partial charge in [0.05, 0.1) is 10.6 Å². The number of carbonyl (C=O) groups excluding carboxylic acids is 2. The minimum atomic E-state index is -4.15. The number of sulfonamides is 1. The highest BCUT2D eigenvalue weighted by atomic mass is 35.5. The van der Waals surface area contributed by atoms with Crippen LogP contribution in [0.25, 0.3) is 0 Å². The summed E-state index contributed by atoms with van der Waals surface area (Å²) in [5.74, 6) is -0.685. The van der Waals surface area contributed by atoms with Crippen molar-refractivity contribution in [3.8, 4) is 0 Å². The maximum Gasteiger partial charge on any atom is 0.264 e. The largest absolute Gasteiger partial charge is 0.352 e. The van der Waals surface area contributed by atoms with Gasteiger partial charge in [-0.2, -0.15) is 0 Å². The summed E-state index contributed by atoms with van der Waals surface area (Å²) < 4.78 is 29.1. The number of carbonyl (C=O) groups is 2. The molecule has 218 valence electrons. The average molecular weight is 596 g/mol. The first-order valence-electron chi connectivity index (χ1n) is 14.1. The first kappa shape index (κ1) is 30.6. The van der Waals surface area contributed by atoms with Gasteiger partial charge >= 0.3 is 0 Å². The number of nitrogens with zero attached hydrogens (tertiary/aromatic N) is 2. The molecular weight excluding hydrogens is 558 g/mol. The molecule has 9 heteroatoms. The molecule has 1 fully saturated rings. The molecule has 0 unspecified atom stereocenters. The molecule has 7 nitrogen and oxygen atoms in total. The minimum absolute atomic E-state index is 0.0587. The predicted molar refractivity (Wildman–Crippen MR) is 163 cm³/mol. The van der Waals surface area contributed by atoms with E-state index in [4.69, 9.17) is 11.6 Å². The zero-order chi connectivity index (χ0) is 29.6. The average Bonchev–Trinajstić information content (AvgIpc) is 3.46. The topological polar surface area (TPSA) is 86.8 Å². The molecule has 0 radical (unpaired) electrons. The maximum absolute atomic E-state index is 14.2. The maximum atomic E-state index is 14.2. The van der Waals surface area contributed by atoms with Gasteiger partial charge in [0, 0.05) is 17.6 Å². The zero-order valence-electron chi connectivity index (χ0n) is 23.8. The molecule has 1 aliphatic carbocycles. The lowest BCUT2D eigenvalue weighted by Crippen LogP contribution is -2.53. The highest BCUT2D eigenvalue weighted by molar-refractivity contribution is 7.92. The van der Waals surface area contributed by atoms with Crippen molar-refractivity contribution in [1.29, 1.82) is 0 Å². The Balaban J connectivity index is 1.74. The van der Waals surface area contributed by atoms with Gasteiger partial charge in [-0.25, -0.2) is 8.42 Å². The number of anilines is 1. The van der Waals surface area contributed by atoms with Crippen molar-refractivity contribution in [2.24, 2.45) is 0 Å². The molecule has 0 heterocycles. The van der Waals surface area contributed by atoms with E-state index in [0.29, 0.717) is 22.7 Å². The van der Waals surface area contributed by atoms with Crippen LogP contribution >= 0.6 is 11.6 Å². The van der Waals surface area contributed by atoms with E-state index < -0.39 is 28.5 Å². The molecule has 1 atom stereocenters. The third-order valence-corrected chi connectivity index (χ3v) is 9.58. The van der Waals surface area contributed by atoms with Gasteiger partial charge in [-0.3, -0.25) is 13.9 Å². The Morgan fingerprint density at radius 3 is 2.34 bits per heavy atom. The van der Waals surface area contributed by atoms with Gasteiger partial charge in [0.1, 0.15) is 12.6 Å². The predicted octanol–water partition coefficient (Wildman–Crippen LogP) is 6.02. The Bertz CT molecular complexity index is 1470. The third-order valence-electron chi connectivity index (χ3n) is 7.57. The first-order chi connectivity index (χ1) is 19.6. The number of hydrogen-bond acceptors (Lipinski definition) is 4. The van der Waals surface area contributed by atoms with Crippen LogP contribution in [0.15, 0.2) is 77.7 Å². The molecule has 1 saturated carbocycles. The number of nitrogens with one attached hydrogen (secondary N) is 1. The normalized spacial score (nSPS) is 14.4. The molecular formula is C32H38ClN3O4S. The van der Waals surface area contributed by atoms with Gasteiger partial charge in [-0.15, -0.1) is 0 Å². The van der Waals surface area contributed by atoms with Crippen LogP contribution in [-0.4, -0.2) is 43.8 Å². The van der Waals surface area contributed by atoms with Crippen LogP contribution < -0.4 is 9.62 Å². The number of aryl methyl sites for hydroxylation is 2. The van der Waals surface area contributed by atoms with E-state index in [1.165, 1.54) is 17.0 Å². The number of amides is 2. The number of hydrogen-bond donors (Lipinski definition) is 1. The lowest BCUT2D eigenvalue weighted by Gasteiger charge is -2.34. The Labute approximate surface area is 248 Å². The van der Waals surface area contributed by atoms with E-state index >= 15 is 0 Å². The van der Waals surface area contributed by atoms with Crippen molar-refractivity contribution >= 4 is 39.1 Å². The summed E-state index contributed by atoms with van der Waals surface area (Å²) in [7, 11) is -4.15. The SMILES string of the molecule is CC[C@@H](C(=O)NC1CCCC1)N(Cc1cccc(C)c1)C(=O)CN(c1cc(Cl)ccc1C)S(=O)(=O)c1ccccc1. The van der Waals surface area contributed by atoms with E-state index in [0.717, 1.165) is 41.1 Å². The van der Waals surface area contributed by atoms with Crippen LogP contribution in [-0.2, 0) is 26.2 Å². The van der Waals surface area contributed by atoms with Gasteiger partial charge < -0.3 is 10.2 Å². The number of halogens is 1. The molecule has 1 N–H and O–H groups in total. The quantitative estimate of drug-likeness (QED) is 0.294. The molecule has 3 aromatic carbocycles. The Kier molecular flexibility index (Phi) is 10.1. The van der Waals surface area contributed by atoms with Crippen molar-refractivity contribution < 1.29 is 18.0 Å².